The minimum absolute atomic E-state index is 0.454. The zero-order valence-electron chi connectivity index (χ0n) is 9.12. The van der Waals surface area contributed by atoms with Gasteiger partial charge in [-0.25, -0.2) is 0 Å². The molecule has 0 aliphatic heterocycles. The summed E-state index contributed by atoms with van der Waals surface area (Å²) in [5.74, 6) is 0.941. The summed E-state index contributed by atoms with van der Waals surface area (Å²) >= 11 is 2.08. The molecule has 1 aliphatic rings. The van der Waals surface area contributed by atoms with Crippen LogP contribution in [0.3, 0.4) is 0 Å². The summed E-state index contributed by atoms with van der Waals surface area (Å²) in [6.07, 6.45) is 5.28. The van der Waals surface area contributed by atoms with Crippen LogP contribution in [0.1, 0.15) is 46.5 Å². The van der Waals surface area contributed by atoms with E-state index in [1.54, 1.807) is 0 Å². The van der Waals surface area contributed by atoms with Crippen molar-refractivity contribution in [3.8, 4) is 0 Å². The maximum absolute atomic E-state index is 6.12. The lowest BCUT2D eigenvalue weighted by atomic mass is 9.84. The van der Waals surface area contributed by atoms with Crippen LogP contribution in [0.5, 0.6) is 0 Å². The molecule has 0 heterocycles. The van der Waals surface area contributed by atoms with Crippen molar-refractivity contribution in [3.05, 3.63) is 0 Å². The molecule has 1 fully saturated rings. The molecule has 0 aromatic rings. The van der Waals surface area contributed by atoms with E-state index in [4.69, 9.17) is 5.73 Å². The zero-order valence-corrected chi connectivity index (χ0v) is 9.94. The number of hydrogen-bond donors (Lipinski definition) is 1. The van der Waals surface area contributed by atoms with Crippen LogP contribution in [-0.2, 0) is 0 Å². The summed E-state index contributed by atoms with van der Waals surface area (Å²) in [6, 6.07) is 0.454. The minimum Gasteiger partial charge on any atom is -0.327 e. The van der Waals surface area contributed by atoms with Crippen LogP contribution >= 0.6 is 11.8 Å². The predicted molar refractivity (Wildman–Crippen MR) is 62.1 cm³/mol. The average Bonchev–Trinajstić information content (AvgIpc) is 2.08. The summed E-state index contributed by atoms with van der Waals surface area (Å²) in [5, 5.41) is 1.45. The summed E-state index contributed by atoms with van der Waals surface area (Å²) in [4.78, 5) is 0. The van der Waals surface area contributed by atoms with E-state index in [0.717, 1.165) is 16.4 Å². The second kappa shape index (κ2) is 5.26. The number of hydrogen-bond acceptors (Lipinski definition) is 2. The van der Waals surface area contributed by atoms with Crippen molar-refractivity contribution < 1.29 is 0 Å². The van der Waals surface area contributed by atoms with Gasteiger partial charge in [0.15, 0.2) is 0 Å². The van der Waals surface area contributed by atoms with E-state index in [1.165, 1.54) is 25.7 Å². The average molecular weight is 201 g/mol. The Balaban J connectivity index is 2.40. The fraction of sp³-hybridized carbons (Fsp3) is 1.00. The van der Waals surface area contributed by atoms with Gasteiger partial charge in [0.25, 0.3) is 0 Å². The Morgan fingerprint density at radius 2 is 2.08 bits per heavy atom. The Kier molecular flexibility index (Phi) is 4.60. The van der Waals surface area contributed by atoms with Crippen LogP contribution in [0.2, 0.25) is 0 Å². The number of nitrogens with two attached hydrogens (primary N) is 1. The van der Waals surface area contributed by atoms with Crippen LogP contribution < -0.4 is 5.73 Å². The topological polar surface area (TPSA) is 26.0 Å². The van der Waals surface area contributed by atoms with Gasteiger partial charge in [0.2, 0.25) is 0 Å². The molecule has 0 aromatic heterocycles. The largest absolute Gasteiger partial charge is 0.327 e. The van der Waals surface area contributed by atoms with Gasteiger partial charge in [-0.3, -0.25) is 0 Å². The molecule has 1 saturated carbocycles. The van der Waals surface area contributed by atoms with Crippen molar-refractivity contribution in [2.45, 2.75) is 63.0 Å². The smallest absolute Gasteiger partial charge is 0.0204 e. The van der Waals surface area contributed by atoms with Gasteiger partial charge in [-0.15, -0.1) is 0 Å². The van der Waals surface area contributed by atoms with E-state index in [2.05, 4.69) is 32.5 Å². The normalized spacial score (nSPS) is 35.3. The van der Waals surface area contributed by atoms with Crippen LogP contribution in [0.15, 0.2) is 0 Å². The molecule has 2 heteroatoms. The fourth-order valence-corrected chi connectivity index (χ4v) is 3.53. The van der Waals surface area contributed by atoms with Gasteiger partial charge in [0, 0.05) is 11.3 Å². The highest BCUT2D eigenvalue weighted by Gasteiger charge is 2.27. The summed E-state index contributed by atoms with van der Waals surface area (Å²) in [7, 11) is 0. The Morgan fingerprint density at radius 3 is 2.62 bits per heavy atom. The van der Waals surface area contributed by atoms with E-state index in [-0.39, 0.29) is 0 Å². The lowest BCUT2D eigenvalue weighted by Crippen LogP contribution is -2.38. The highest BCUT2D eigenvalue weighted by atomic mass is 32.2. The van der Waals surface area contributed by atoms with E-state index in [0.29, 0.717) is 6.04 Å². The van der Waals surface area contributed by atoms with Crippen LogP contribution in [0.25, 0.3) is 0 Å². The van der Waals surface area contributed by atoms with E-state index < -0.39 is 0 Å². The lowest BCUT2D eigenvalue weighted by molar-refractivity contribution is 0.327. The summed E-state index contributed by atoms with van der Waals surface area (Å²) < 4.78 is 0. The molecule has 0 spiro atoms. The summed E-state index contributed by atoms with van der Waals surface area (Å²) in [5.41, 5.74) is 6.12. The van der Waals surface area contributed by atoms with Gasteiger partial charge in [-0.05, 0) is 30.4 Å². The second-order valence-corrected chi connectivity index (χ2v) is 6.29. The highest BCUT2D eigenvalue weighted by Crippen LogP contribution is 2.34. The molecule has 0 radical (unpaired) electrons. The molecule has 2 N–H and O–H groups in total. The molecule has 0 aromatic carbocycles. The molecule has 1 nitrogen and oxygen atoms in total. The molecular formula is C11H23NS. The third-order valence-corrected chi connectivity index (χ3v) is 4.41. The van der Waals surface area contributed by atoms with Gasteiger partial charge in [0.1, 0.15) is 0 Å². The molecule has 0 amide bonds. The van der Waals surface area contributed by atoms with Crippen LogP contribution in [-0.4, -0.2) is 16.5 Å². The first kappa shape index (κ1) is 11.4. The third-order valence-electron chi connectivity index (χ3n) is 2.98. The molecule has 13 heavy (non-hydrogen) atoms. The highest BCUT2D eigenvalue weighted by molar-refractivity contribution is 8.00. The quantitative estimate of drug-likeness (QED) is 0.759. The van der Waals surface area contributed by atoms with E-state index >= 15 is 0 Å². The summed E-state index contributed by atoms with van der Waals surface area (Å²) in [6.45, 7) is 6.85. The fourth-order valence-electron chi connectivity index (χ4n) is 2.11. The molecule has 0 bridgehead atoms. The molecule has 0 saturated heterocycles. The van der Waals surface area contributed by atoms with E-state index in [1.807, 2.05) is 0 Å². The van der Waals surface area contributed by atoms with Crippen LogP contribution in [0, 0.1) is 5.92 Å². The van der Waals surface area contributed by atoms with Gasteiger partial charge in [0.05, 0.1) is 0 Å². The van der Waals surface area contributed by atoms with Crippen molar-refractivity contribution in [2.24, 2.45) is 11.7 Å². The van der Waals surface area contributed by atoms with Crippen molar-refractivity contribution in [2.75, 3.05) is 0 Å². The SMILES string of the molecule is CCC1CCC(N)C(SC(C)C)C1. The van der Waals surface area contributed by atoms with Gasteiger partial charge >= 0.3 is 0 Å². The van der Waals surface area contributed by atoms with Gasteiger partial charge < -0.3 is 5.73 Å². The monoisotopic (exact) mass is 201 g/mol. The van der Waals surface area contributed by atoms with Crippen molar-refractivity contribution in [3.63, 3.8) is 0 Å². The van der Waals surface area contributed by atoms with Gasteiger partial charge in [-0.2, -0.15) is 11.8 Å². The first-order chi connectivity index (χ1) is 6.13. The molecule has 3 atom stereocenters. The molecular weight excluding hydrogens is 178 g/mol. The predicted octanol–water partition coefficient (Wildman–Crippen LogP) is 3.03. The minimum atomic E-state index is 0.454. The Labute approximate surface area is 86.8 Å². The van der Waals surface area contributed by atoms with Gasteiger partial charge in [-0.1, -0.05) is 27.2 Å². The van der Waals surface area contributed by atoms with Crippen molar-refractivity contribution in [1.29, 1.82) is 0 Å². The van der Waals surface area contributed by atoms with Crippen molar-refractivity contribution >= 4 is 11.8 Å². The standard InChI is InChI=1S/C11H23NS/c1-4-9-5-6-10(12)11(7-9)13-8(2)3/h8-11H,4-7,12H2,1-3H3. The third kappa shape index (κ3) is 3.51. The van der Waals surface area contributed by atoms with Crippen molar-refractivity contribution in [1.82, 2.24) is 0 Å². The molecule has 1 aliphatic carbocycles. The Morgan fingerprint density at radius 1 is 1.38 bits per heavy atom. The number of rotatable bonds is 3. The van der Waals surface area contributed by atoms with Crippen LogP contribution in [0.4, 0.5) is 0 Å². The molecule has 78 valence electrons. The second-order valence-electron chi connectivity index (χ2n) is 4.47. The maximum Gasteiger partial charge on any atom is 0.0204 e. The first-order valence-corrected chi connectivity index (χ1v) is 6.48. The molecule has 3 unspecified atom stereocenters. The first-order valence-electron chi connectivity index (χ1n) is 5.54. The lowest BCUT2D eigenvalue weighted by Gasteiger charge is -2.34. The zero-order chi connectivity index (χ0) is 9.84. The maximum atomic E-state index is 6.12. The Hall–Kier alpha value is 0.310. The Bertz CT molecular complexity index is 147. The number of thioether (sulfide) groups is 1. The molecule has 1 rings (SSSR count). The van der Waals surface area contributed by atoms with E-state index in [9.17, 15) is 0 Å².